The van der Waals surface area contributed by atoms with Gasteiger partial charge in [-0.25, -0.2) is 4.98 Å². The van der Waals surface area contributed by atoms with Crippen molar-refractivity contribution in [3.63, 3.8) is 0 Å². The first-order chi connectivity index (χ1) is 35.4. The Morgan fingerprint density at radius 2 is 1.09 bits per heavy atom. The molecular formula is C69H74N3OPt-. The Morgan fingerprint density at radius 3 is 1.73 bits per heavy atom. The fourth-order valence-corrected chi connectivity index (χ4v) is 9.99. The van der Waals surface area contributed by atoms with Crippen LogP contribution in [0.3, 0.4) is 0 Å². The number of aryl methyl sites for hydroxylation is 1. The summed E-state index contributed by atoms with van der Waals surface area (Å²) >= 11 is 0. The third kappa shape index (κ3) is 10.6. The molecule has 382 valence electrons. The van der Waals surface area contributed by atoms with Crippen LogP contribution in [0.15, 0.2) is 152 Å². The summed E-state index contributed by atoms with van der Waals surface area (Å²) in [7, 11) is 0. The molecule has 9 rings (SSSR count). The van der Waals surface area contributed by atoms with E-state index in [1.807, 2.05) is 59.3 Å². The summed E-state index contributed by atoms with van der Waals surface area (Å²) in [6, 6.07) is 53.9. The summed E-state index contributed by atoms with van der Waals surface area (Å²) in [5, 5.41) is 12.7. The molecule has 2 aromatic heterocycles. The van der Waals surface area contributed by atoms with Gasteiger partial charge in [-0.2, -0.15) is 0 Å². The molecule has 4 nitrogen and oxygen atoms in total. The zero-order chi connectivity index (χ0) is 55.1. The van der Waals surface area contributed by atoms with E-state index in [1.54, 1.807) is 0 Å². The molecule has 0 amide bonds. The number of aromatic hydroxyl groups is 1. The van der Waals surface area contributed by atoms with E-state index in [1.165, 1.54) is 5.56 Å². The van der Waals surface area contributed by atoms with Crippen molar-refractivity contribution in [1.29, 1.82) is 0 Å². The molecule has 74 heavy (non-hydrogen) atoms. The maximum Gasteiger partial charge on any atom is 0.148 e. The third-order valence-corrected chi connectivity index (χ3v) is 14.3. The predicted molar refractivity (Wildman–Crippen MR) is 310 cm³/mol. The van der Waals surface area contributed by atoms with Gasteiger partial charge in [0.1, 0.15) is 11.6 Å². The minimum absolute atomic E-state index is 0. The molecule has 0 bridgehead atoms. The first kappa shape index (κ1) is 49.8. The van der Waals surface area contributed by atoms with Crippen molar-refractivity contribution >= 4 is 11.0 Å². The zero-order valence-corrected chi connectivity index (χ0v) is 48.3. The Hall–Kier alpha value is -6.35. The molecule has 9 aromatic rings. The van der Waals surface area contributed by atoms with Crippen molar-refractivity contribution in [2.24, 2.45) is 0 Å². The van der Waals surface area contributed by atoms with E-state index in [0.29, 0.717) is 28.1 Å². The van der Waals surface area contributed by atoms with Crippen LogP contribution in [0.5, 0.6) is 5.75 Å². The summed E-state index contributed by atoms with van der Waals surface area (Å²) in [5.41, 5.74) is 15.9. The monoisotopic (exact) mass is 1160 g/mol. The fraction of sp³-hybridized carbons (Fsp3) is 0.304. The first-order valence-electron chi connectivity index (χ1n) is 27.3. The summed E-state index contributed by atoms with van der Waals surface area (Å²) in [5.74, 6) is 0.550. The van der Waals surface area contributed by atoms with E-state index in [4.69, 9.17) is 9.97 Å². The van der Waals surface area contributed by atoms with Gasteiger partial charge in [0.25, 0.3) is 0 Å². The Bertz CT molecular complexity index is 3650. The number of pyridine rings is 1. The van der Waals surface area contributed by atoms with Gasteiger partial charge in [-0.05, 0) is 120 Å². The van der Waals surface area contributed by atoms with E-state index < -0.39 is 12.3 Å². The standard InChI is InChI=1S/C69H74N3O.Pt/c1-43-36-47(61-53(45-22-18-17-19-23-45)24-20-26-56(61)68(11,12)13)30-33-59(43)72-60-27-21-25-54(62(60)71-64(72)55-41-52(67(8,9)10)42-57(63(55)73)69(14,15)16)48-37-49(39-51(38-48)66(5,6)7)58-40-46(34-35-70-58)44-28-31-50(32-29-44)65(2,3)4;/h17-36,38-42,73H,1-16H3;/q-1;/i1D3;. The smallest absolute Gasteiger partial charge is 0.148 e. The van der Waals surface area contributed by atoms with E-state index >= 15 is 0 Å². The second-order valence-electron chi connectivity index (χ2n) is 25.1. The SMILES string of the molecule is [2H]C([2H])([2H])c1cc(-c2c(-c3ccccc3)cccc2C(C)(C)C)ccc1-n1c(-c2cc(C(C)(C)C)cc(C(C)(C)C)c2O)nc2c(-c3[c-]c(-c4cc(-c5ccc(C(C)(C)C)cc5)ccn4)cc(C(C)(C)C)c3)cccc21.[Pt]. The topological polar surface area (TPSA) is 50.9 Å². The van der Waals surface area contributed by atoms with E-state index in [0.717, 1.165) is 78.0 Å². The van der Waals surface area contributed by atoms with Crippen LogP contribution in [0.4, 0.5) is 0 Å². The Morgan fingerprint density at radius 1 is 0.486 bits per heavy atom. The number of benzene rings is 7. The fourth-order valence-electron chi connectivity index (χ4n) is 9.99. The summed E-state index contributed by atoms with van der Waals surface area (Å²) in [6.45, 7) is 30.2. The van der Waals surface area contributed by atoms with Gasteiger partial charge >= 0.3 is 0 Å². The normalized spacial score (nSPS) is 13.3. The van der Waals surface area contributed by atoms with Crippen LogP contribution in [0.25, 0.3) is 83.9 Å². The average Bonchev–Trinajstić information content (AvgIpc) is 3.83. The van der Waals surface area contributed by atoms with Crippen LogP contribution in [0, 0.1) is 12.9 Å². The molecule has 0 fully saturated rings. The number of para-hydroxylation sites is 1. The van der Waals surface area contributed by atoms with Crippen LogP contribution in [0.2, 0.25) is 0 Å². The van der Waals surface area contributed by atoms with Gasteiger partial charge in [0.05, 0.1) is 22.3 Å². The summed E-state index contributed by atoms with van der Waals surface area (Å²) < 4.78 is 30.0. The molecule has 2 heterocycles. The molecule has 0 aliphatic rings. The molecule has 0 spiro atoms. The predicted octanol–water partition coefficient (Wildman–Crippen LogP) is 18.7. The van der Waals surface area contributed by atoms with Crippen LogP contribution in [0.1, 0.15) is 141 Å². The summed E-state index contributed by atoms with van der Waals surface area (Å²) in [6.07, 6.45) is 1.87. The van der Waals surface area contributed by atoms with E-state index in [2.05, 4.69) is 207 Å². The Kier molecular flexibility index (Phi) is 13.3. The molecular weight excluding hydrogens is 1080 g/mol. The van der Waals surface area contributed by atoms with Crippen molar-refractivity contribution in [3.05, 3.63) is 191 Å². The molecule has 0 saturated heterocycles. The largest absolute Gasteiger partial charge is 0.507 e. The molecule has 0 aliphatic heterocycles. The van der Waals surface area contributed by atoms with Crippen LogP contribution >= 0.6 is 0 Å². The van der Waals surface area contributed by atoms with Gasteiger partial charge in [0.2, 0.25) is 0 Å². The minimum Gasteiger partial charge on any atom is -0.507 e. The molecule has 0 radical (unpaired) electrons. The van der Waals surface area contributed by atoms with Gasteiger partial charge < -0.3 is 5.11 Å². The van der Waals surface area contributed by atoms with Crippen LogP contribution in [-0.4, -0.2) is 19.6 Å². The molecule has 1 N–H and O–H groups in total. The number of imidazole rings is 1. The zero-order valence-electron chi connectivity index (χ0n) is 49.0. The maximum absolute atomic E-state index is 12.7. The Labute approximate surface area is 460 Å². The quantitative estimate of drug-likeness (QED) is 0.162. The van der Waals surface area contributed by atoms with E-state index in [9.17, 15) is 9.22 Å². The van der Waals surface area contributed by atoms with Crippen molar-refractivity contribution < 1.29 is 30.3 Å². The number of rotatable bonds is 7. The van der Waals surface area contributed by atoms with Crippen LogP contribution < -0.4 is 0 Å². The molecule has 0 atom stereocenters. The summed E-state index contributed by atoms with van der Waals surface area (Å²) in [4.78, 5) is 10.5. The second kappa shape index (κ2) is 19.7. The molecule has 7 aromatic carbocycles. The first-order valence-corrected chi connectivity index (χ1v) is 25.8. The number of hydrogen-bond acceptors (Lipinski definition) is 3. The Balaban J connectivity index is 0.00000784. The van der Waals surface area contributed by atoms with Crippen molar-refractivity contribution in [1.82, 2.24) is 14.5 Å². The number of phenols is 1. The minimum atomic E-state index is -2.56. The molecule has 0 unspecified atom stereocenters. The maximum atomic E-state index is 12.7. The van der Waals surface area contributed by atoms with Gasteiger partial charge in [-0.3, -0.25) is 9.55 Å². The van der Waals surface area contributed by atoms with E-state index in [-0.39, 0.29) is 54.0 Å². The van der Waals surface area contributed by atoms with Crippen molar-refractivity contribution in [3.8, 4) is 78.6 Å². The number of phenolic OH excluding ortho intramolecular Hbond substituents is 1. The van der Waals surface area contributed by atoms with Gasteiger partial charge in [-0.15, -0.1) is 29.3 Å². The second-order valence-corrected chi connectivity index (χ2v) is 25.1. The number of nitrogens with zero attached hydrogens (tertiary/aromatic N) is 3. The molecule has 5 heteroatoms. The molecule has 0 saturated carbocycles. The number of hydrogen-bond donors (Lipinski definition) is 1. The van der Waals surface area contributed by atoms with Crippen molar-refractivity contribution in [2.75, 3.05) is 0 Å². The third-order valence-electron chi connectivity index (χ3n) is 14.3. The van der Waals surface area contributed by atoms with Gasteiger partial charge in [-0.1, -0.05) is 218 Å². The van der Waals surface area contributed by atoms with Gasteiger partial charge in [0.15, 0.2) is 0 Å². The van der Waals surface area contributed by atoms with Gasteiger partial charge in [0, 0.05) is 42.6 Å². The number of fused-ring (bicyclic) bond motifs is 1. The molecule has 0 aliphatic carbocycles. The number of aromatic nitrogens is 3. The van der Waals surface area contributed by atoms with Crippen LogP contribution in [-0.2, 0) is 48.1 Å². The average molecular weight is 1160 g/mol. The van der Waals surface area contributed by atoms with Crippen molar-refractivity contribution in [2.45, 2.75) is 138 Å².